The first kappa shape index (κ1) is 15.1. The van der Waals surface area contributed by atoms with Crippen LogP contribution >= 0.6 is 11.6 Å². The van der Waals surface area contributed by atoms with Crippen LogP contribution in [0.3, 0.4) is 0 Å². The Balaban J connectivity index is 1.76. The number of nitrogens with zero attached hydrogens (tertiary/aromatic N) is 1. The quantitative estimate of drug-likeness (QED) is 0.907. The molecule has 0 bridgehead atoms. The van der Waals surface area contributed by atoms with E-state index < -0.39 is 0 Å². The van der Waals surface area contributed by atoms with Gasteiger partial charge in [-0.05, 0) is 31.4 Å². The number of ether oxygens (including phenoxy) is 1. The van der Waals surface area contributed by atoms with Gasteiger partial charge in [0.1, 0.15) is 12.4 Å². The lowest BCUT2D eigenvalue weighted by Crippen LogP contribution is -2.35. The Kier molecular flexibility index (Phi) is 5.26. The Hall–Kier alpha value is -1.26. The van der Waals surface area contributed by atoms with E-state index in [0.29, 0.717) is 23.9 Å². The number of likely N-dealkylation sites (N-methyl/N-ethyl adjacent to an activating group) is 1. The van der Waals surface area contributed by atoms with Crippen molar-refractivity contribution >= 4 is 17.5 Å². The summed E-state index contributed by atoms with van der Waals surface area (Å²) < 4.78 is 5.59. The average molecular weight is 297 g/mol. The van der Waals surface area contributed by atoms with Gasteiger partial charge in [0.25, 0.3) is 0 Å². The highest BCUT2D eigenvalue weighted by Crippen LogP contribution is 2.26. The highest BCUT2D eigenvalue weighted by atomic mass is 35.5. The Labute approximate surface area is 124 Å². The number of carbonyl (C=O) groups is 1. The smallest absolute Gasteiger partial charge is 0.225 e. The summed E-state index contributed by atoms with van der Waals surface area (Å²) in [5.41, 5.74) is 5.85. The lowest BCUT2D eigenvalue weighted by atomic mass is 10.1. The second kappa shape index (κ2) is 6.95. The lowest BCUT2D eigenvalue weighted by molar-refractivity contribution is -0.134. The molecule has 0 aliphatic heterocycles. The second-order valence-corrected chi connectivity index (χ2v) is 5.72. The van der Waals surface area contributed by atoms with Crippen molar-refractivity contribution in [3.8, 4) is 5.75 Å². The van der Waals surface area contributed by atoms with Gasteiger partial charge in [0, 0.05) is 19.0 Å². The summed E-state index contributed by atoms with van der Waals surface area (Å²) in [4.78, 5) is 13.9. The second-order valence-electron chi connectivity index (χ2n) is 5.31. The normalized spacial score (nSPS) is 21.8. The first-order chi connectivity index (χ1) is 9.58. The third kappa shape index (κ3) is 3.87. The molecule has 2 rings (SSSR count). The maximum atomic E-state index is 12.2. The fraction of sp³-hybridized carbons (Fsp3) is 0.533. The molecule has 1 aromatic carbocycles. The number of amides is 1. The molecule has 2 unspecified atom stereocenters. The predicted molar refractivity (Wildman–Crippen MR) is 79.9 cm³/mol. The van der Waals surface area contributed by atoms with Gasteiger partial charge in [-0.25, -0.2) is 0 Å². The van der Waals surface area contributed by atoms with Gasteiger partial charge in [0.15, 0.2) is 0 Å². The van der Waals surface area contributed by atoms with Crippen molar-refractivity contribution in [2.24, 2.45) is 11.7 Å². The van der Waals surface area contributed by atoms with Gasteiger partial charge in [-0.15, -0.1) is 0 Å². The minimum absolute atomic E-state index is 0.0790. The summed E-state index contributed by atoms with van der Waals surface area (Å²) in [5, 5.41) is 0.586. The molecule has 4 nitrogen and oxygen atoms in total. The van der Waals surface area contributed by atoms with E-state index in [-0.39, 0.29) is 17.9 Å². The molecule has 0 aromatic heterocycles. The van der Waals surface area contributed by atoms with Crippen molar-refractivity contribution < 1.29 is 9.53 Å². The molecule has 1 fully saturated rings. The molecule has 1 aliphatic rings. The number of nitrogens with two attached hydrogens (primary N) is 1. The van der Waals surface area contributed by atoms with Gasteiger partial charge < -0.3 is 15.4 Å². The van der Waals surface area contributed by atoms with E-state index in [0.717, 1.165) is 19.3 Å². The lowest BCUT2D eigenvalue weighted by Gasteiger charge is -2.21. The number of hydrogen-bond donors (Lipinski definition) is 1. The Morgan fingerprint density at radius 1 is 1.45 bits per heavy atom. The van der Waals surface area contributed by atoms with Gasteiger partial charge in [0.2, 0.25) is 5.91 Å². The largest absolute Gasteiger partial charge is 0.490 e. The van der Waals surface area contributed by atoms with Crippen molar-refractivity contribution in [3.05, 3.63) is 29.3 Å². The summed E-state index contributed by atoms with van der Waals surface area (Å²) in [6.45, 7) is 0.987. The first-order valence-corrected chi connectivity index (χ1v) is 7.33. The van der Waals surface area contributed by atoms with Gasteiger partial charge in [0.05, 0.1) is 11.6 Å². The molecule has 110 valence electrons. The number of hydrogen-bond acceptors (Lipinski definition) is 3. The van der Waals surface area contributed by atoms with Gasteiger partial charge in [-0.3, -0.25) is 4.79 Å². The molecule has 2 N–H and O–H groups in total. The fourth-order valence-corrected chi connectivity index (χ4v) is 2.71. The van der Waals surface area contributed by atoms with Gasteiger partial charge in [-0.2, -0.15) is 0 Å². The summed E-state index contributed by atoms with van der Waals surface area (Å²) in [6, 6.07) is 7.51. The van der Waals surface area contributed by atoms with E-state index in [2.05, 4.69) is 0 Å². The SMILES string of the molecule is CN(CCOc1ccccc1Cl)C(=O)C1CCC(N)C1. The molecule has 5 heteroatoms. The van der Waals surface area contributed by atoms with Crippen LogP contribution in [-0.4, -0.2) is 37.0 Å². The maximum Gasteiger partial charge on any atom is 0.225 e. The molecule has 0 spiro atoms. The summed E-state index contributed by atoms with van der Waals surface area (Å²) in [5.74, 6) is 0.897. The number of rotatable bonds is 5. The number of carbonyl (C=O) groups excluding carboxylic acids is 1. The number of para-hydroxylation sites is 1. The molecule has 2 atom stereocenters. The van der Waals surface area contributed by atoms with E-state index in [1.807, 2.05) is 25.2 Å². The van der Waals surface area contributed by atoms with Crippen molar-refractivity contribution in [3.63, 3.8) is 0 Å². The van der Waals surface area contributed by atoms with Crippen LogP contribution in [0.25, 0.3) is 0 Å². The zero-order chi connectivity index (χ0) is 14.5. The maximum absolute atomic E-state index is 12.2. The van der Waals surface area contributed by atoms with Gasteiger partial charge in [-0.1, -0.05) is 23.7 Å². The molecule has 20 heavy (non-hydrogen) atoms. The number of benzene rings is 1. The zero-order valence-electron chi connectivity index (χ0n) is 11.7. The molecular weight excluding hydrogens is 276 g/mol. The van der Waals surface area contributed by atoms with Crippen LogP contribution in [0.5, 0.6) is 5.75 Å². The van der Waals surface area contributed by atoms with E-state index in [9.17, 15) is 4.79 Å². The third-order valence-corrected chi connectivity index (χ3v) is 4.03. The standard InChI is InChI=1S/C15H21ClN2O2/c1-18(15(19)11-6-7-12(17)10-11)8-9-20-14-5-3-2-4-13(14)16/h2-5,11-12H,6-10,17H2,1H3. The monoisotopic (exact) mass is 296 g/mol. The number of halogens is 1. The van der Waals surface area contributed by atoms with Crippen LogP contribution < -0.4 is 10.5 Å². The minimum Gasteiger partial charge on any atom is -0.490 e. The molecule has 1 aromatic rings. The van der Waals surface area contributed by atoms with Crippen LogP contribution in [0.2, 0.25) is 5.02 Å². The molecule has 0 saturated heterocycles. The highest BCUT2D eigenvalue weighted by Gasteiger charge is 2.29. The van der Waals surface area contributed by atoms with E-state index in [1.54, 1.807) is 11.0 Å². The van der Waals surface area contributed by atoms with Crippen LogP contribution in [0.15, 0.2) is 24.3 Å². The Morgan fingerprint density at radius 2 is 2.20 bits per heavy atom. The van der Waals surface area contributed by atoms with E-state index >= 15 is 0 Å². The fourth-order valence-electron chi connectivity index (χ4n) is 2.52. The molecule has 0 heterocycles. The van der Waals surface area contributed by atoms with Crippen molar-refractivity contribution in [2.75, 3.05) is 20.2 Å². The predicted octanol–water partition coefficient (Wildman–Crippen LogP) is 2.30. The summed E-state index contributed by atoms with van der Waals surface area (Å²) >= 11 is 6.00. The average Bonchev–Trinajstić information content (AvgIpc) is 2.86. The highest BCUT2D eigenvalue weighted by molar-refractivity contribution is 6.32. The van der Waals surface area contributed by atoms with Crippen LogP contribution in [0, 0.1) is 5.92 Å². The van der Waals surface area contributed by atoms with Crippen molar-refractivity contribution in [1.29, 1.82) is 0 Å². The van der Waals surface area contributed by atoms with Gasteiger partial charge >= 0.3 is 0 Å². The van der Waals surface area contributed by atoms with Crippen LogP contribution in [-0.2, 0) is 4.79 Å². The molecule has 1 amide bonds. The molecule has 1 aliphatic carbocycles. The third-order valence-electron chi connectivity index (χ3n) is 3.72. The van der Waals surface area contributed by atoms with E-state index in [4.69, 9.17) is 22.1 Å². The summed E-state index contributed by atoms with van der Waals surface area (Å²) in [7, 11) is 1.81. The van der Waals surface area contributed by atoms with Crippen LogP contribution in [0.4, 0.5) is 0 Å². The van der Waals surface area contributed by atoms with Crippen molar-refractivity contribution in [2.45, 2.75) is 25.3 Å². The Bertz CT molecular complexity index is 467. The van der Waals surface area contributed by atoms with Crippen LogP contribution in [0.1, 0.15) is 19.3 Å². The summed E-state index contributed by atoms with van der Waals surface area (Å²) in [6.07, 6.45) is 2.64. The zero-order valence-corrected chi connectivity index (χ0v) is 12.5. The molecular formula is C15H21ClN2O2. The van der Waals surface area contributed by atoms with E-state index in [1.165, 1.54) is 0 Å². The molecule has 1 saturated carbocycles. The topological polar surface area (TPSA) is 55.6 Å². The molecule has 0 radical (unpaired) electrons. The minimum atomic E-state index is 0.0790. The first-order valence-electron chi connectivity index (χ1n) is 6.96. The van der Waals surface area contributed by atoms with Crippen molar-refractivity contribution in [1.82, 2.24) is 4.90 Å². The Morgan fingerprint density at radius 3 is 2.85 bits per heavy atom.